The summed E-state index contributed by atoms with van der Waals surface area (Å²) in [6.07, 6.45) is 0.261. The third-order valence-electron chi connectivity index (χ3n) is 3.09. The molecule has 3 heteroatoms. The van der Waals surface area contributed by atoms with E-state index >= 15 is 0 Å². The van der Waals surface area contributed by atoms with Gasteiger partial charge in [-0.3, -0.25) is 0 Å². The summed E-state index contributed by atoms with van der Waals surface area (Å²) >= 11 is 5.14. The first-order valence-corrected chi connectivity index (χ1v) is 7.58. The van der Waals surface area contributed by atoms with E-state index in [4.69, 9.17) is 0 Å². The molecule has 1 nitrogen and oxygen atoms in total. The molecule has 0 radical (unpaired) electrons. The second kappa shape index (κ2) is 5.55. The average Bonchev–Trinajstić information content (AvgIpc) is 2.62. The standard InChI is InChI=1S/C15H17BrOS/c1-9-6-10(2)15(11(3)7-9)13(17)8-12-4-5-14(16)18-12/h4-7,13,17H,8H2,1-3H3. The molecule has 1 heterocycles. The van der Waals surface area contributed by atoms with Crippen molar-refractivity contribution in [3.05, 3.63) is 55.2 Å². The van der Waals surface area contributed by atoms with Crippen molar-refractivity contribution in [3.63, 3.8) is 0 Å². The zero-order valence-corrected chi connectivity index (χ0v) is 13.2. The maximum absolute atomic E-state index is 10.4. The molecule has 0 amide bonds. The molecule has 0 fully saturated rings. The fourth-order valence-electron chi connectivity index (χ4n) is 2.47. The Labute approximate surface area is 121 Å². The van der Waals surface area contributed by atoms with E-state index in [9.17, 15) is 5.11 Å². The number of benzene rings is 1. The molecule has 0 aliphatic heterocycles. The lowest BCUT2D eigenvalue weighted by Gasteiger charge is -2.17. The van der Waals surface area contributed by atoms with Crippen molar-refractivity contribution >= 4 is 27.3 Å². The third-order valence-corrected chi connectivity index (χ3v) is 4.74. The van der Waals surface area contributed by atoms with Gasteiger partial charge in [0.25, 0.3) is 0 Å². The van der Waals surface area contributed by atoms with Crippen molar-refractivity contribution in [2.75, 3.05) is 0 Å². The topological polar surface area (TPSA) is 20.2 Å². The van der Waals surface area contributed by atoms with Crippen molar-refractivity contribution in [3.8, 4) is 0 Å². The highest BCUT2D eigenvalue weighted by atomic mass is 79.9. The van der Waals surface area contributed by atoms with Crippen molar-refractivity contribution in [2.45, 2.75) is 33.3 Å². The van der Waals surface area contributed by atoms with E-state index in [1.165, 1.54) is 21.6 Å². The molecule has 0 saturated carbocycles. The molecule has 18 heavy (non-hydrogen) atoms. The Bertz CT molecular complexity index is 536. The van der Waals surface area contributed by atoms with E-state index < -0.39 is 6.10 Å². The van der Waals surface area contributed by atoms with Gasteiger partial charge >= 0.3 is 0 Å². The number of aliphatic hydroxyl groups excluding tert-OH is 1. The summed E-state index contributed by atoms with van der Waals surface area (Å²) in [6, 6.07) is 8.37. The zero-order valence-electron chi connectivity index (χ0n) is 10.8. The van der Waals surface area contributed by atoms with Gasteiger partial charge in [-0.25, -0.2) is 0 Å². The molecule has 0 saturated heterocycles. The Morgan fingerprint density at radius 1 is 1.17 bits per heavy atom. The van der Waals surface area contributed by atoms with Crippen LogP contribution in [0.1, 0.15) is 33.2 Å². The Hall–Kier alpha value is -0.640. The fourth-order valence-corrected chi connectivity index (χ4v) is 3.99. The SMILES string of the molecule is Cc1cc(C)c(C(O)Cc2ccc(Br)s2)c(C)c1. The number of hydrogen-bond donors (Lipinski definition) is 1. The molecule has 1 atom stereocenters. The van der Waals surface area contributed by atoms with Gasteiger partial charge in [0, 0.05) is 11.3 Å². The second-order valence-electron chi connectivity index (χ2n) is 4.74. The minimum atomic E-state index is -0.420. The van der Waals surface area contributed by atoms with Crippen molar-refractivity contribution in [2.24, 2.45) is 0 Å². The summed E-state index contributed by atoms with van der Waals surface area (Å²) in [5.41, 5.74) is 4.68. The van der Waals surface area contributed by atoms with Crippen LogP contribution in [0.15, 0.2) is 28.1 Å². The van der Waals surface area contributed by atoms with E-state index in [1.54, 1.807) is 11.3 Å². The van der Waals surface area contributed by atoms with Crippen LogP contribution in [0.5, 0.6) is 0 Å². The molecule has 1 aromatic carbocycles. The highest BCUT2D eigenvalue weighted by Crippen LogP contribution is 2.30. The molecule has 1 unspecified atom stereocenters. The molecule has 0 spiro atoms. The quantitative estimate of drug-likeness (QED) is 0.866. The molecule has 2 aromatic rings. The minimum absolute atomic E-state index is 0.420. The number of halogens is 1. The maximum atomic E-state index is 10.4. The van der Waals surface area contributed by atoms with Gasteiger partial charge in [0.05, 0.1) is 9.89 Å². The van der Waals surface area contributed by atoms with Gasteiger partial charge in [-0.05, 0) is 65.5 Å². The monoisotopic (exact) mass is 324 g/mol. The van der Waals surface area contributed by atoms with E-state index in [-0.39, 0.29) is 0 Å². The first-order chi connectivity index (χ1) is 8.47. The van der Waals surface area contributed by atoms with Gasteiger partial charge in [-0.1, -0.05) is 17.7 Å². The average molecular weight is 325 g/mol. The van der Waals surface area contributed by atoms with Crippen LogP contribution in [0.3, 0.4) is 0 Å². The summed E-state index contributed by atoms with van der Waals surface area (Å²) in [5.74, 6) is 0. The number of thiophene rings is 1. The number of aryl methyl sites for hydroxylation is 3. The van der Waals surface area contributed by atoms with Crippen LogP contribution < -0.4 is 0 Å². The molecule has 2 rings (SSSR count). The van der Waals surface area contributed by atoms with Gasteiger partial charge in [-0.15, -0.1) is 11.3 Å². The smallest absolute Gasteiger partial charge is 0.0843 e. The molecule has 0 aliphatic carbocycles. The van der Waals surface area contributed by atoms with Crippen LogP contribution in [0.25, 0.3) is 0 Å². The van der Waals surface area contributed by atoms with E-state index in [0.29, 0.717) is 6.42 Å². The van der Waals surface area contributed by atoms with Crippen LogP contribution >= 0.6 is 27.3 Å². The zero-order chi connectivity index (χ0) is 13.3. The van der Waals surface area contributed by atoms with Gasteiger partial charge < -0.3 is 5.11 Å². The van der Waals surface area contributed by atoms with Crippen molar-refractivity contribution < 1.29 is 5.11 Å². The Morgan fingerprint density at radius 3 is 2.28 bits per heavy atom. The molecule has 0 aliphatic rings. The lowest BCUT2D eigenvalue weighted by Crippen LogP contribution is -2.05. The lowest BCUT2D eigenvalue weighted by molar-refractivity contribution is 0.178. The molecular weight excluding hydrogens is 308 g/mol. The van der Waals surface area contributed by atoms with Crippen LogP contribution in [-0.2, 0) is 6.42 Å². The van der Waals surface area contributed by atoms with Crippen LogP contribution in [0.4, 0.5) is 0 Å². The summed E-state index contributed by atoms with van der Waals surface area (Å²) in [7, 11) is 0. The predicted molar refractivity (Wildman–Crippen MR) is 81.3 cm³/mol. The summed E-state index contributed by atoms with van der Waals surface area (Å²) in [4.78, 5) is 1.20. The molecule has 0 bridgehead atoms. The Balaban J connectivity index is 2.26. The first kappa shape index (κ1) is 13.8. The van der Waals surface area contributed by atoms with Gasteiger partial charge in [0.2, 0.25) is 0 Å². The number of hydrogen-bond acceptors (Lipinski definition) is 2. The summed E-state index contributed by atoms with van der Waals surface area (Å²) < 4.78 is 1.11. The normalized spacial score (nSPS) is 12.7. The third kappa shape index (κ3) is 3.02. The maximum Gasteiger partial charge on any atom is 0.0843 e. The molecule has 1 aromatic heterocycles. The van der Waals surface area contributed by atoms with Gasteiger partial charge in [-0.2, -0.15) is 0 Å². The van der Waals surface area contributed by atoms with E-state index in [0.717, 1.165) is 9.35 Å². The number of aliphatic hydroxyl groups is 1. The van der Waals surface area contributed by atoms with E-state index in [2.05, 4.69) is 54.9 Å². The van der Waals surface area contributed by atoms with Gasteiger partial charge in [0.1, 0.15) is 0 Å². The second-order valence-corrected chi connectivity index (χ2v) is 7.29. The highest BCUT2D eigenvalue weighted by Gasteiger charge is 2.15. The Morgan fingerprint density at radius 2 is 1.78 bits per heavy atom. The molecule has 96 valence electrons. The number of rotatable bonds is 3. The largest absolute Gasteiger partial charge is 0.388 e. The van der Waals surface area contributed by atoms with Crippen molar-refractivity contribution in [1.82, 2.24) is 0 Å². The Kier molecular flexibility index (Phi) is 4.25. The van der Waals surface area contributed by atoms with Crippen molar-refractivity contribution in [1.29, 1.82) is 0 Å². The van der Waals surface area contributed by atoms with E-state index in [1.807, 2.05) is 6.07 Å². The fraction of sp³-hybridized carbons (Fsp3) is 0.333. The molecule has 1 N–H and O–H groups in total. The van der Waals surface area contributed by atoms with Crippen LogP contribution in [-0.4, -0.2) is 5.11 Å². The lowest BCUT2D eigenvalue weighted by atomic mass is 9.94. The first-order valence-electron chi connectivity index (χ1n) is 5.97. The van der Waals surface area contributed by atoms with Crippen LogP contribution in [0, 0.1) is 20.8 Å². The summed E-state index contributed by atoms with van der Waals surface area (Å²) in [5, 5.41) is 10.4. The van der Waals surface area contributed by atoms with Crippen LogP contribution in [0.2, 0.25) is 0 Å². The predicted octanol–water partition coefficient (Wildman–Crippen LogP) is 4.71. The minimum Gasteiger partial charge on any atom is -0.388 e. The molecular formula is C15H17BrOS. The van der Waals surface area contributed by atoms with Gasteiger partial charge in [0.15, 0.2) is 0 Å². The summed E-state index contributed by atoms with van der Waals surface area (Å²) in [6.45, 7) is 6.23. The highest BCUT2D eigenvalue weighted by molar-refractivity contribution is 9.11.